The predicted octanol–water partition coefficient (Wildman–Crippen LogP) is 2.43. The first-order valence-corrected chi connectivity index (χ1v) is 9.25. The molecule has 1 aliphatic rings. The third-order valence-corrected chi connectivity index (χ3v) is 4.67. The summed E-state index contributed by atoms with van der Waals surface area (Å²) in [5.41, 5.74) is 1.58. The highest BCUT2D eigenvalue weighted by atomic mass is 32.2. The van der Waals surface area contributed by atoms with Crippen LogP contribution in [0.15, 0.2) is 23.1 Å². The Morgan fingerprint density at radius 3 is 2.27 bits per heavy atom. The minimum absolute atomic E-state index is 0.316. The van der Waals surface area contributed by atoms with Crippen LogP contribution in [0.25, 0.3) is 0 Å². The molecule has 2 rings (SSSR count). The molecule has 0 spiro atoms. The molecule has 0 aromatic heterocycles. The number of benzene rings is 1. The first-order chi connectivity index (χ1) is 10.1. The van der Waals surface area contributed by atoms with Gasteiger partial charge in [-0.2, -0.15) is 0 Å². The Hall–Kier alpha value is -1.56. The van der Waals surface area contributed by atoms with E-state index < -0.39 is 15.4 Å². The van der Waals surface area contributed by atoms with Crippen LogP contribution in [-0.2, 0) is 27.4 Å². The van der Waals surface area contributed by atoms with Gasteiger partial charge in [0.1, 0.15) is 5.60 Å². The monoisotopic (exact) mass is 325 g/mol. The number of carbonyl (C=O) groups excluding carboxylic acids is 1. The fourth-order valence-electron chi connectivity index (χ4n) is 2.44. The first kappa shape index (κ1) is 16.8. The summed E-state index contributed by atoms with van der Waals surface area (Å²) >= 11 is 0. The van der Waals surface area contributed by atoms with E-state index in [0.29, 0.717) is 30.8 Å². The zero-order valence-electron chi connectivity index (χ0n) is 13.5. The van der Waals surface area contributed by atoms with Crippen molar-refractivity contribution in [2.45, 2.75) is 44.1 Å². The van der Waals surface area contributed by atoms with Crippen molar-refractivity contribution < 1.29 is 17.9 Å². The van der Waals surface area contributed by atoms with Gasteiger partial charge in [-0.25, -0.2) is 13.2 Å². The number of sulfone groups is 1. The molecule has 0 radical (unpaired) electrons. The Labute approximate surface area is 132 Å². The van der Waals surface area contributed by atoms with Gasteiger partial charge in [0, 0.05) is 19.3 Å². The molecule has 122 valence electrons. The maximum Gasteiger partial charge on any atom is 0.410 e. The maximum absolute atomic E-state index is 12.2. The van der Waals surface area contributed by atoms with Gasteiger partial charge in [-0.1, -0.05) is 6.07 Å². The topological polar surface area (TPSA) is 63.7 Å². The molecule has 0 saturated carbocycles. The van der Waals surface area contributed by atoms with Crippen molar-refractivity contribution in [1.82, 2.24) is 4.90 Å². The normalized spacial score (nSPS) is 15.9. The summed E-state index contributed by atoms with van der Waals surface area (Å²) in [6.45, 7) is 6.65. The molecule has 0 atom stereocenters. The SMILES string of the molecule is CC(C)(C)OC(=O)N1CCc2ccc(S(C)(=O)=O)cc2CC1. The summed E-state index contributed by atoms with van der Waals surface area (Å²) in [5, 5.41) is 0. The molecule has 6 heteroatoms. The number of amides is 1. The van der Waals surface area contributed by atoms with Crippen LogP contribution in [0.2, 0.25) is 0 Å². The van der Waals surface area contributed by atoms with Crippen LogP contribution in [-0.4, -0.2) is 44.4 Å². The van der Waals surface area contributed by atoms with Crippen LogP contribution >= 0.6 is 0 Å². The van der Waals surface area contributed by atoms with Crippen LogP contribution in [0.5, 0.6) is 0 Å². The molecule has 1 heterocycles. The van der Waals surface area contributed by atoms with Crippen molar-refractivity contribution in [1.29, 1.82) is 0 Å². The van der Waals surface area contributed by atoms with Gasteiger partial charge in [0.15, 0.2) is 9.84 Å². The number of nitrogens with zero attached hydrogens (tertiary/aromatic N) is 1. The van der Waals surface area contributed by atoms with Gasteiger partial charge in [0.2, 0.25) is 0 Å². The predicted molar refractivity (Wildman–Crippen MR) is 84.8 cm³/mol. The van der Waals surface area contributed by atoms with E-state index in [2.05, 4.69) is 0 Å². The second kappa shape index (κ2) is 5.91. The lowest BCUT2D eigenvalue weighted by molar-refractivity contribution is 0.0258. The maximum atomic E-state index is 12.2. The highest BCUT2D eigenvalue weighted by Crippen LogP contribution is 2.21. The molecule has 1 aromatic rings. The van der Waals surface area contributed by atoms with Gasteiger partial charge in [0.25, 0.3) is 0 Å². The molecule has 1 aromatic carbocycles. The van der Waals surface area contributed by atoms with Crippen LogP contribution in [0.3, 0.4) is 0 Å². The summed E-state index contributed by atoms with van der Waals surface area (Å²) in [5.74, 6) is 0. The molecule has 0 saturated heterocycles. The van der Waals surface area contributed by atoms with Crippen molar-refractivity contribution in [3.05, 3.63) is 29.3 Å². The molecule has 0 unspecified atom stereocenters. The van der Waals surface area contributed by atoms with E-state index >= 15 is 0 Å². The molecule has 0 fully saturated rings. The third-order valence-electron chi connectivity index (χ3n) is 3.56. The lowest BCUT2D eigenvalue weighted by Crippen LogP contribution is -2.38. The highest BCUT2D eigenvalue weighted by molar-refractivity contribution is 7.90. The number of hydrogen-bond donors (Lipinski definition) is 0. The molecule has 0 aliphatic carbocycles. The summed E-state index contributed by atoms with van der Waals surface area (Å²) < 4.78 is 28.7. The largest absolute Gasteiger partial charge is 0.444 e. The van der Waals surface area contributed by atoms with Crippen LogP contribution in [0, 0.1) is 0 Å². The van der Waals surface area contributed by atoms with Gasteiger partial charge in [0.05, 0.1) is 4.90 Å². The fraction of sp³-hybridized carbons (Fsp3) is 0.562. The standard InChI is InChI=1S/C16H23NO4S/c1-16(2,3)21-15(18)17-9-7-12-5-6-14(22(4,19)20)11-13(12)8-10-17/h5-6,11H,7-10H2,1-4H3. The third kappa shape index (κ3) is 4.22. The van der Waals surface area contributed by atoms with E-state index in [4.69, 9.17) is 4.74 Å². The summed E-state index contributed by atoms with van der Waals surface area (Å²) in [6.07, 6.45) is 2.23. The molecule has 0 bridgehead atoms. The zero-order valence-corrected chi connectivity index (χ0v) is 14.4. The number of ether oxygens (including phenoxy) is 1. The minimum Gasteiger partial charge on any atom is -0.444 e. The van der Waals surface area contributed by atoms with E-state index in [9.17, 15) is 13.2 Å². The zero-order chi connectivity index (χ0) is 16.5. The number of rotatable bonds is 1. The van der Waals surface area contributed by atoms with Crippen LogP contribution in [0.1, 0.15) is 31.9 Å². The van der Waals surface area contributed by atoms with Crippen molar-refractivity contribution >= 4 is 15.9 Å². The molecule has 1 aliphatic heterocycles. The van der Waals surface area contributed by atoms with Crippen molar-refractivity contribution in [2.24, 2.45) is 0 Å². The summed E-state index contributed by atoms with van der Waals surface area (Å²) in [4.78, 5) is 14.2. The van der Waals surface area contributed by atoms with Crippen molar-refractivity contribution in [3.8, 4) is 0 Å². The molecule has 5 nitrogen and oxygen atoms in total. The van der Waals surface area contributed by atoms with Gasteiger partial charge < -0.3 is 9.64 Å². The van der Waals surface area contributed by atoms with Crippen LogP contribution in [0.4, 0.5) is 4.79 Å². The minimum atomic E-state index is -3.21. The molecule has 1 amide bonds. The van der Waals surface area contributed by atoms with Crippen LogP contribution < -0.4 is 0 Å². The lowest BCUT2D eigenvalue weighted by Gasteiger charge is -2.26. The Kier molecular flexibility index (Phi) is 4.52. The first-order valence-electron chi connectivity index (χ1n) is 7.36. The Morgan fingerprint density at radius 1 is 1.14 bits per heavy atom. The second-order valence-corrected chi connectivity index (χ2v) is 8.69. The second-order valence-electron chi connectivity index (χ2n) is 6.67. The number of carbonyl (C=O) groups is 1. The number of fused-ring (bicyclic) bond motifs is 1. The molecule has 0 N–H and O–H groups in total. The van der Waals surface area contributed by atoms with E-state index in [1.807, 2.05) is 26.8 Å². The van der Waals surface area contributed by atoms with E-state index in [0.717, 1.165) is 11.1 Å². The average molecular weight is 325 g/mol. The Bertz CT molecular complexity index is 674. The smallest absolute Gasteiger partial charge is 0.410 e. The van der Waals surface area contributed by atoms with Crippen molar-refractivity contribution in [2.75, 3.05) is 19.3 Å². The average Bonchev–Trinajstić information content (AvgIpc) is 2.57. The van der Waals surface area contributed by atoms with E-state index in [1.54, 1.807) is 17.0 Å². The van der Waals surface area contributed by atoms with Gasteiger partial charge in [-0.05, 0) is 56.9 Å². The summed E-state index contributed by atoms with van der Waals surface area (Å²) in [6, 6.07) is 5.21. The molecular weight excluding hydrogens is 302 g/mol. The number of hydrogen-bond acceptors (Lipinski definition) is 4. The fourth-order valence-corrected chi connectivity index (χ4v) is 3.11. The highest BCUT2D eigenvalue weighted by Gasteiger charge is 2.24. The quantitative estimate of drug-likeness (QED) is 0.795. The van der Waals surface area contributed by atoms with Gasteiger partial charge in [-0.15, -0.1) is 0 Å². The lowest BCUT2D eigenvalue weighted by atomic mass is 10.0. The Morgan fingerprint density at radius 2 is 1.73 bits per heavy atom. The van der Waals surface area contributed by atoms with Gasteiger partial charge in [-0.3, -0.25) is 0 Å². The van der Waals surface area contributed by atoms with Crippen molar-refractivity contribution in [3.63, 3.8) is 0 Å². The Balaban J connectivity index is 2.15. The van der Waals surface area contributed by atoms with Gasteiger partial charge >= 0.3 is 6.09 Å². The molecule has 22 heavy (non-hydrogen) atoms. The molecular formula is C16H23NO4S. The van der Waals surface area contributed by atoms with E-state index in [1.165, 1.54) is 6.26 Å². The van der Waals surface area contributed by atoms with E-state index in [-0.39, 0.29) is 6.09 Å². The summed E-state index contributed by atoms with van der Waals surface area (Å²) in [7, 11) is -3.21.